The van der Waals surface area contributed by atoms with Gasteiger partial charge in [-0.25, -0.2) is 0 Å². The van der Waals surface area contributed by atoms with E-state index in [1.165, 1.54) is 0 Å². The lowest BCUT2D eigenvalue weighted by Gasteiger charge is -2.30. The molecule has 1 saturated heterocycles. The average Bonchev–Trinajstić information content (AvgIpc) is 1.98. The van der Waals surface area contributed by atoms with Gasteiger partial charge in [0.2, 0.25) is 0 Å². The number of likely N-dealkylation sites (tertiary alicyclic amines) is 1. The summed E-state index contributed by atoms with van der Waals surface area (Å²) in [5, 5.41) is 1.00. The van der Waals surface area contributed by atoms with Crippen LogP contribution < -0.4 is 0 Å². The van der Waals surface area contributed by atoms with Crippen LogP contribution in [0.1, 0.15) is 16.8 Å². The number of benzene rings is 1. The molecule has 0 bridgehead atoms. The van der Waals surface area contributed by atoms with Crippen molar-refractivity contribution in [1.29, 1.82) is 0 Å². The van der Waals surface area contributed by atoms with Gasteiger partial charge in [-0.15, -0.1) is 0 Å². The number of amides is 1. The van der Waals surface area contributed by atoms with Gasteiger partial charge in [0.05, 0.1) is 0 Å². The van der Waals surface area contributed by atoms with E-state index in [0.29, 0.717) is 15.6 Å². The first kappa shape index (κ1) is 9.81. The maximum absolute atomic E-state index is 11.7. The number of hydrogen-bond donors (Lipinski definition) is 0. The first-order valence-corrected chi connectivity index (χ1v) is 5.18. The maximum Gasteiger partial charge on any atom is 0.253 e. The fraction of sp³-hybridized carbons (Fsp3) is 0.300. The summed E-state index contributed by atoms with van der Waals surface area (Å²) in [6, 6.07) is 4.91. The van der Waals surface area contributed by atoms with Gasteiger partial charge in [-0.1, -0.05) is 23.2 Å². The van der Waals surface area contributed by atoms with E-state index in [0.717, 1.165) is 19.5 Å². The third-order valence-corrected chi connectivity index (χ3v) is 2.69. The van der Waals surface area contributed by atoms with Crippen molar-refractivity contribution in [3.63, 3.8) is 0 Å². The lowest BCUT2D eigenvalue weighted by Crippen LogP contribution is -2.42. The van der Waals surface area contributed by atoms with E-state index in [4.69, 9.17) is 23.2 Å². The highest BCUT2D eigenvalue weighted by Crippen LogP contribution is 2.21. The Labute approximate surface area is 92.4 Å². The van der Waals surface area contributed by atoms with Crippen molar-refractivity contribution in [2.45, 2.75) is 6.42 Å². The summed E-state index contributed by atoms with van der Waals surface area (Å²) in [6.07, 6.45) is 1.08. The lowest BCUT2D eigenvalue weighted by atomic mass is 10.1. The van der Waals surface area contributed by atoms with Crippen molar-refractivity contribution in [2.75, 3.05) is 13.1 Å². The Bertz CT molecular complexity index is 354. The molecule has 0 N–H and O–H groups in total. The van der Waals surface area contributed by atoms with E-state index in [2.05, 4.69) is 0 Å². The number of hydrogen-bond acceptors (Lipinski definition) is 1. The lowest BCUT2D eigenvalue weighted by molar-refractivity contribution is 0.0652. The summed E-state index contributed by atoms with van der Waals surface area (Å²) in [7, 11) is 0. The molecule has 0 atom stereocenters. The Morgan fingerprint density at radius 1 is 1.14 bits per heavy atom. The minimum Gasteiger partial charge on any atom is -0.339 e. The van der Waals surface area contributed by atoms with E-state index in [1.807, 2.05) is 0 Å². The first-order valence-electron chi connectivity index (χ1n) is 4.42. The molecule has 1 aliphatic rings. The van der Waals surface area contributed by atoms with Crippen LogP contribution in [0.15, 0.2) is 18.2 Å². The van der Waals surface area contributed by atoms with E-state index in [-0.39, 0.29) is 5.91 Å². The normalized spacial score (nSPS) is 15.1. The molecule has 1 amide bonds. The standard InChI is InChI=1S/C10H9Cl2NO/c11-8-4-7(5-9(12)6-8)10(14)13-2-1-3-13/h4-6H,1-3H2. The third-order valence-electron chi connectivity index (χ3n) is 2.25. The first-order chi connectivity index (χ1) is 6.66. The van der Waals surface area contributed by atoms with Crippen LogP contribution in [0.3, 0.4) is 0 Å². The summed E-state index contributed by atoms with van der Waals surface area (Å²) in [5.41, 5.74) is 0.571. The fourth-order valence-electron chi connectivity index (χ4n) is 1.38. The van der Waals surface area contributed by atoms with Crippen molar-refractivity contribution in [1.82, 2.24) is 4.90 Å². The van der Waals surface area contributed by atoms with E-state index < -0.39 is 0 Å². The second-order valence-corrected chi connectivity index (χ2v) is 4.18. The van der Waals surface area contributed by atoms with Gasteiger partial charge < -0.3 is 4.90 Å². The zero-order valence-corrected chi connectivity index (χ0v) is 8.98. The highest BCUT2D eigenvalue weighted by molar-refractivity contribution is 6.35. The van der Waals surface area contributed by atoms with Crippen LogP contribution in [-0.4, -0.2) is 23.9 Å². The van der Waals surface area contributed by atoms with Gasteiger partial charge in [0.25, 0.3) is 5.91 Å². The van der Waals surface area contributed by atoms with Crippen molar-refractivity contribution < 1.29 is 4.79 Å². The molecule has 1 heterocycles. The van der Waals surface area contributed by atoms with Crippen LogP contribution in [0.4, 0.5) is 0 Å². The predicted octanol–water partition coefficient (Wildman–Crippen LogP) is 2.84. The summed E-state index contributed by atoms with van der Waals surface area (Å²) in [5.74, 6) is 0.0145. The molecule has 1 aliphatic heterocycles. The van der Waals surface area contributed by atoms with Gasteiger partial charge >= 0.3 is 0 Å². The Balaban J connectivity index is 2.26. The van der Waals surface area contributed by atoms with Crippen LogP contribution >= 0.6 is 23.2 Å². The van der Waals surface area contributed by atoms with Crippen LogP contribution in [0.2, 0.25) is 10.0 Å². The van der Waals surface area contributed by atoms with Crippen molar-refractivity contribution in [3.05, 3.63) is 33.8 Å². The molecular formula is C10H9Cl2NO. The van der Waals surface area contributed by atoms with Gasteiger partial charge in [0, 0.05) is 28.7 Å². The van der Waals surface area contributed by atoms with Gasteiger partial charge in [0.1, 0.15) is 0 Å². The third kappa shape index (κ3) is 1.86. The molecule has 2 nitrogen and oxygen atoms in total. The fourth-order valence-corrected chi connectivity index (χ4v) is 1.91. The van der Waals surface area contributed by atoms with Crippen LogP contribution in [0.25, 0.3) is 0 Å². The molecule has 1 aromatic rings. The second-order valence-electron chi connectivity index (χ2n) is 3.30. The quantitative estimate of drug-likeness (QED) is 0.726. The van der Waals surface area contributed by atoms with E-state index >= 15 is 0 Å². The minimum absolute atomic E-state index is 0.0145. The van der Waals surface area contributed by atoms with Crippen molar-refractivity contribution in [2.24, 2.45) is 0 Å². The highest BCUT2D eigenvalue weighted by Gasteiger charge is 2.21. The van der Waals surface area contributed by atoms with Crippen LogP contribution in [0, 0.1) is 0 Å². The Hall–Kier alpha value is -0.730. The SMILES string of the molecule is O=C(c1cc(Cl)cc(Cl)c1)N1CCC1. The van der Waals surface area contributed by atoms with Gasteiger partial charge in [-0.05, 0) is 24.6 Å². The molecule has 74 valence electrons. The predicted molar refractivity (Wildman–Crippen MR) is 57.0 cm³/mol. The second kappa shape index (κ2) is 3.79. The molecule has 0 spiro atoms. The Morgan fingerprint density at radius 3 is 2.14 bits per heavy atom. The minimum atomic E-state index is 0.0145. The summed E-state index contributed by atoms with van der Waals surface area (Å²) in [6.45, 7) is 1.67. The summed E-state index contributed by atoms with van der Waals surface area (Å²) < 4.78 is 0. The van der Waals surface area contributed by atoms with Crippen LogP contribution in [-0.2, 0) is 0 Å². The zero-order valence-electron chi connectivity index (χ0n) is 7.46. The van der Waals surface area contributed by atoms with E-state index in [9.17, 15) is 4.79 Å². The molecule has 14 heavy (non-hydrogen) atoms. The summed E-state index contributed by atoms with van der Waals surface area (Å²) >= 11 is 11.6. The molecule has 2 rings (SSSR count). The number of nitrogens with zero attached hydrogens (tertiary/aromatic N) is 1. The smallest absolute Gasteiger partial charge is 0.253 e. The topological polar surface area (TPSA) is 20.3 Å². The molecule has 0 unspecified atom stereocenters. The molecule has 1 aromatic carbocycles. The molecule has 0 aromatic heterocycles. The molecule has 0 saturated carbocycles. The molecule has 4 heteroatoms. The summed E-state index contributed by atoms with van der Waals surface area (Å²) in [4.78, 5) is 13.5. The monoisotopic (exact) mass is 229 g/mol. The van der Waals surface area contributed by atoms with Crippen LogP contribution in [0.5, 0.6) is 0 Å². The van der Waals surface area contributed by atoms with Crippen molar-refractivity contribution in [3.8, 4) is 0 Å². The number of carbonyl (C=O) groups is 1. The number of carbonyl (C=O) groups excluding carboxylic acids is 1. The Kier molecular flexibility index (Phi) is 2.66. The number of rotatable bonds is 1. The molecular weight excluding hydrogens is 221 g/mol. The molecule has 0 aliphatic carbocycles. The maximum atomic E-state index is 11.7. The molecule has 0 radical (unpaired) electrons. The largest absolute Gasteiger partial charge is 0.339 e. The Morgan fingerprint density at radius 2 is 1.71 bits per heavy atom. The zero-order chi connectivity index (χ0) is 10.1. The number of halogens is 2. The highest BCUT2D eigenvalue weighted by atomic mass is 35.5. The van der Waals surface area contributed by atoms with E-state index in [1.54, 1.807) is 23.1 Å². The van der Waals surface area contributed by atoms with Gasteiger partial charge in [0.15, 0.2) is 0 Å². The molecule has 1 fully saturated rings. The average molecular weight is 230 g/mol. The van der Waals surface area contributed by atoms with Gasteiger partial charge in [-0.2, -0.15) is 0 Å². The van der Waals surface area contributed by atoms with Crippen molar-refractivity contribution >= 4 is 29.1 Å². The van der Waals surface area contributed by atoms with Gasteiger partial charge in [-0.3, -0.25) is 4.79 Å².